The number of carbonyl (C=O) groups is 1. The second-order valence-electron chi connectivity index (χ2n) is 8.83. The van der Waals surface area contributed by atoms with Gasteiger partial charge in [-0.25, -0.2) is 9.67 Å². The third-order valence-electron chi connectivity index (χ3n) is 5.91. The minimum absolute atomic E-state index is 0.0774. The quantitative estimate of drug-likeness (QED) is 0.357. The Morgan fingerprint density at radius 1 is 1.23 bits per heavy atom. The summed E-state index contributed by atoms with van der Waals surface area (Å²) in [6.45, 7) is 9.05. The van der Waals surface area contributed by atoms with Gasteiger partial charge in [-0.15, -0.1) is 0 Å². The third kappa shape index (κ3) is 4.96. The zero-order chi connectivity index (χ0) is 25.1. The summed E-state index contributed by atoms with van der Waals surface area (Å²) in [7, 11) is 1.61. The number of pyridine rings is 1. The van der Waals surface area contributed by atoms with Crippen molar-refractivity contribution in [2.24, 2.45) is 0 Å². The molecule has 0 atom stereocenters. The van der Waals surface area contributed by atoms with E-state index in [2.05, 4.69) is 11.2 Å². The fourth-order valence-corrected chi connectivity index (χ4v) is 4.13. The van der Waals surface area contributed by atoms with Crippen LogP contribution in [0.3, 0.4) is 0 Å². The van der Waals surface area contributed by atoms with Crippen molar-refractivity contribution in [3.8, 4) is 17.3 Å². The number of nitrogens with zero attached hydrogens (tertiary/aromatic N) is 5. The van der Waals surface area contributed by atoms with E-state index in [4.69, 9.17) is 19.4 Å². The Morgan fingerprint density at radius 3 is 2.57 bits per heavy atom. The van der Waals surface area contributed by atoms with Gasteiger partial charge in [0.25, 0.3) is 5.91 Å². The topological polar surface area (TPSA) is 97.2 Å². The molecule has 3 aromatic heterocycles. The van der Waals surface area contributed by atoms with Crippen molar-refractivity contribution in [3.05, 3.63) is 70.8 Å². The van der Waals surface area contributed by atoms with Crippen molar-refractivity contribution in [2.75, 3.05) is 20.3 Å². The lowest BCUT2D eigenvalue weighted by molar-refractivity contribution is 0.0682. The molecule has 4 rings (SSSR count). The number of rotatable bonds is 8. The van der Waals surface area contributed by atoms with Crippen molar-refractivity contribution in [1.29, 1.82) is 5.26 Å². The van der Waals surface area contributed by atoms with E-state index in [1.807, 2.05) is 56.6 Å². The molecule has 0 spiro atoms. The van der Waals surface area contributed by atoms with E-state index in [0.29, 0.717) is 47.6 Å². The molecule has 0 unspecified atom stereocenters. The maximum absolute atomic E-state index is 14.0. The molecule has 35 heavy (non-hydrogen) atoms. The fraction of sp³-hybridized carbons (Fsp3) is 0.333. The molecule has 0 saturated carbocycles. The SMILES string of the molecule is COCCN(Cc1ccc(C#N)cc1)C(=O)c1cc(-c2cc(C)oc2C)nc2c1cnn2C(C)C. The number of carbonyl (C=O) groups excluding carboxylic acids is 1. The van der Waals surface area contributed by atoms with Gasteiger partial charge in [-0.1, -0.05) is 12.1 Å². The molecule has 1 amide bonds. The molecule has 0 radical (unpaired) electrons. The minimum Gasteiger partial charge on any atom is -0.466 e. The van der Waals surface area contributed by atoms with Gasteiger partial charge in [0, 0.05) is 31.8 Å². The van der Waals surface area contributed by atoms with E-state index in [1.54, 1.807) is 30.3 Å². The smallest absolute Gasteiger partial charge is 0.255 e. The zero-order valence-corrected chi connectivity index (χ0v) is 20.7. The van der Waals surface area contributed by atoms with Crippen LogP contribution in [0.5, 0.6) is 0 Å². The Morgan fingerprint density at radius 2 is 1.97 bits per heavy atom. The highest BCUT2D eigenvalue weighted by Crippen LogP contribution is 2.31. The number of benzene rings is 1. The molecule has 0 fully saturated rings. The van der Waals surface area contributed by atoms with Crippen molar-refractivity contribution in [1.82, 2.24) is 19.7 Å². The number of amides is 1. The Bertz CT molecular complexity index is 1390. The van der Waals surface area contributed by atoms with Crippen LogP contribution in [0.25, 0.3) is 22.3 Å². The number of hydrogen-bond donors (Lipinski definition) is 0. The summed E-state index contributed by atoms with van der Waals surface area (Å²) in [6, 6.07) is 13.2. The minimum atomic E-state index is -0.138. The van der Waals surface area contributed by atoms with Gasteiger partial charge in [-0.05, 0) is 57.5 Å². The molecular formula is C27H29N5O3. The molecule has 0 aliphatic rings. The number of nitriles is 1. The number of ether oxygens (including phenoxy) is 1. The Kier molecular flexibility index (Phi) is 6.99. The van der Waals surface area contributed by atoms with Gasteiger partial charge in [0.1, 0.15) is 11.5 Å². The summed E-state index contributed by atoms with van der Waals surface area (Å²) in [5.74, 6) is 1.39. The van der Waals surface area contributed by atoms with E-state index in [0.717, 1.165) is 22.6 Å². The van der Waals surface area contributed by atoms with Gasteiger partial charge in [0.05, 0.1) is 41.1 Å². The predicted octanol–water partition coefficient (Wildman–Crippen LogP) is 5.05. The second-order valence-corrected chi connectivity index (χ2v) is 8.83. The second kappa shape index (κ2) is 10.1. The van der Waals surface area contributed by atoms with Gasteiger partial charge in [-0.2, -0.15) is 10.4 Å². The first kappa shape index (κ1) is 24.2. The predicted molar refractivity (Wildman–Crippen MR) is 133 cm³/mol. The fourth-order valence-electron chi connectivity index (χ4n) is 4.13. The molecule has 0 bridgehead atoms. The molecule has 4 aromatic rings. The summed E-state index contributed by atoms with van der Waals surface area (Å²) in [4.78, 5) is 20.6. The first-order chi connectivity index (χ1) is 16.8. The first-order valence-corrected chi connectivity index (χ1v) is 11.5. The molecular weight excluding hydrogens is 442 g/mol. The van der Waals surface area contributed by atoms with Crippen LogP contribution in [0, 0.1) is 25.2 Å². The molecule has 8 heteroatoms. The summed E-state index contributed by atoms with van der Waals surface area (Å²) in [5, 5.41) is 14.3. The van der Waals surface area contributed by atoms with Crippen LogP contribution in [-0.2, 0) is 11.3 Å². The van der Waals surface area contributed by atoms with Crippen molar-refractivity contribution < 1.29 is 13.9 Å². The molecule has 0 aliphatic heterocycles. The van der Waals surface area contributed by atoms with Gasteiger partial charge >= 0.3 is 0 Å². The van der Waals surface area contributed by atoms with Gasteiger partial charge in [-0.3, -0.25) is 4.79 Å². The lowest BCUT2D eigenvalue weighted by Gasteiger charge is -2.23. The first-order valence-electron chi connectivity index (χ1n) is 11.5. The normalized spacial score (nSPS) is 11.2. The summed E-state index contributed by atoms with van der Waals surface area (Å²) < 4.78 is 12.9. The lowest BCUT2D eigenvalue weighted by atomic mass is 10.1. The third-order valence-corrected chi connectivity index (χ3v) is 5.91. The summed E-state index contributed by atoms with van der Waals surface area (Å²) in [6.07, 6.45) is 1.71. The van der Waals surface area contributed by atoms with Gasteiger partial charge in [0.2, 0.25) is 0 Å². The number of aryl methyl sites for hydroxylation is 2. The van der Waals surface area contributed by atoms with Crippen LogP contribution < -0.4 is 0 Å². The Balaban J connectivity index is 1.82. The summed E-state index contributed by atoms with van der Waals surface area (Å²) >= 11 is 0. The number of furan rings is 1. The molecule has 0 aliphatic carbocycles. The van der Waals surface area contributed by atoms with E-state index in [-0.39, 0.29) is 11.9 Å². The van der Waals surface area contributed by atoms with Crippen LogP contribution in [-0.4, -0.2) is 45.8 Å². The lowest BCUT2D eigenvalue weighted by Crippen LogP contribution is -2.33. The van der Waals surface area contributed by atoms with Crippen molar-refractivity contribution >= 4 is 16.9 Å². The maximum atomic E-state index is 14.0. The van der Waals surface area contributed by atoms with E-state index in [1.165, 1.54) is 0 Å². The standard InChI is InChI=1S/C27H29N5O3/c1-17(2)32-26-24(15-29-32)23(13-25(30-26)22-12-18(3)35-19(22)4)27(33)31(10-11-34-5)16-21-8-6-20(14-28)7-9-21/h6-9,12-13,15,17H,10-11,16H2,1-5H3. The number of methoxy groups -OCH3 is 1. The zero-order valence-electron chi connectivity index (χ0n) is 20.7. The van der Waals surface area contributed by atoms with Crippen LogP contribution in [0.4, 0.5) is 0 Å². The van der Waals surface area contributed by atoms with Crippen LogP contribution >= 0.6 is 0 Å². The highest BCUT2D eigenvalue weighted by atomic mass is 16.5. The molecule has 0 N–H and O–H groups in total. The molecule has 1 aromatic carbocycles. The molecule has 3 heterocycles. The molecule has 180 valence electrons. The highest BCUT2D eigenvalue weighted by molar-refractivity contribution is 6.06. The van der Waals surface area contributed by atoms with E-state index in [9.17, 15) is 4.79 Å². The Hall–Kier alpha value is -3.96. The van der Waals surface area contributed by atoms with E-state index < -0.39 is 0 Å². The van der Waals surface area contributed by atoms with Gasteiger partial charge < -0.3 is 14.1 Å². The highest BCUT2D eigenvalue weighted by Gasteiger charge is 2.24. The average Bonchev–Trinajstić information content (AvgIpc) is 3.43. The molecule has 0 saturated heterocycles. The van der Waals surface area contributed by atoms with Crippen LogP contribution in [0.1, 0.15) is 52.9 Å². The Labute approximate surface area is 204 Å². The van der Waals surface area contributed by atoms with Crippen molar-refractivity contribution in [2.45, 2.75) is 40.3 Å². The summed E-state index contributed by atoms with van der Waals surface area (Å²) in [5.41, 5.74) is 4.21. The van der Waals surface area contributed by atoms with Gasteiger partial charge in [0.15, 0.2) is 5.65 Å². The van der Waals surface area contributed by atoms with E-state index >= 15 is 0 Å². The van der Waals surface area contributed by atoms with Crippen molar-refractivity contribution in [3.63, 3.8) is 0 Å². The molecule has 8 nitrogen and oxygen atoms in total. The van der Waals surface area contributed by atoms with Crippen LogP contribution in [0.15, 0.2) is 47.0 Å². The average molecular weight is 472 g/mol. The number of hydrogen-bond acceptors (Lipinski definition) is 6. The number of aromatic nitrogens is 3. The monoisotopic (exact) mass is 471 g/mol. The largest absolute Gasteiger partial charge is 0.466 e. The maximum Gasteiger partial charge on any atom is 0.255 e. The number of fused-ring (bicyclic) bond motifs is 1. The van der Waals surface area contributed by atoms with Crippen LogP contribution in [0.2, 0.25) is 0 Å².